The predicted molar refractivity (Wildman–Crippen MR) is 89.7 cm³/mol. The van der Waals surface area contributed by atoms with E-state index in [2.05, 4.69) is 70.1 Å². The van der Waals surface area contributed by atoms with Crippen molar-refractivity contribution in [2.75, 3.05) is 0 Å². The molecule has 0 aromatic heterocycles. The normalized spacial score (nSPS) is 13.3. The highest BCUT2D eigenvalue weighted by atomic mass is 31.1. The molecule has 0 rings (SSSR count). The molecular weight excluding hydrogens is 259 g/mol. The summed E-state index contributed by atoms with van der Waals surface area (Å²) >= 11 is 0. The summed E-state index contributed by atoms with van der Waals surface area (Å²) in [4.78, 5) is 0. The Hall–Kier alpha value is 0.381. The first-order valence-electron chi connectivity index (χ1n) is 5.95. The Bertz CT molecular complexity index is 310. The first kappa shape index (κ1) is 16.4. The molecule has 0 aromatic rings. The van der Waals surface area contributed by atoms with Crippen LogP contribution in [0.25, 0.3) is 0 Å². The van der Waals surface area contributed by atoms with Gasteiger partial charge in [-0.3, -0.25) is 0 Å². The van der Waals surface area contributed by atoms with Crippen molar-refractivity contribution in [1.82, 2.24) is 0 Å². The van der Waals surface area contributed by atoms with Crippen LogP contribution in [0.5, 0.6) is 0 Å². The van der Waals surface area contributed by atoms with Crippen molar-refractivity contribution in [3.05, 3.63) is 0 Å². The van der Waals surface area contributed by atoms with Gasteiger partial charge >= 0.3 is 0 Å². The van der Waals surface area contributed by atoms with E-state index in [1.54, 1.807) is 0 Å². The first-order chi connectivity index (χ1) is 6.84. The van der Waals surface area contributed by atoms with Crippen LogP contribution in [0, 0.1) is 11.2 Å². The molecule has 0 atom stereocenters. The lowest BCUT2D eigenvalue weighted by atomic mass is 11.4. The second-order valence-corrected chi connectivity index (χ2v) is 24.4. The van der Waals surface area contributed by atoms with Gasteiger partial charge in [0, 0.05) is 0 Å². The maximum atomic E-state index is 3.50. The van der Waals surface area contributed by atoms with Crippen LogP contribution in [0.3, 0.4) is 0 Å². The quantitative estimate of drug-likeness (QED) is 0.392. The number of rotatable bonds is 2. The van der Waals surface area contributed by atoms with Crippen molar-refractivity contribution in [2.24, 2.45) is 0 Å². The molecule has 0 aliphatic carbocycles. The Balaban J connectivity index is 5.23. The van der Waals surface area contributed by atoms with Gasteiger partial charge in [0.1, 0.15) is 8.07 Å². The maximum absolute atomic E-state index is 3.50. The molecule has 92 valence electrons. The molecule has 0 spiro atoms. The van der Waals surface area contributed by atoms with E-state index >= 15 is 0 Å². The Morgan fingerprint density at radius 3 is 1.38 bits per heavy atom. The maximum Gasteiger partial charge on any atom is 0.130 e. The first-order valence-corrected chi connectivity index (χ1v) is 17.3. The summed E-state index contributed by atoms with van der Waals surface area (Å²) in [6.07, 6.45) is 0. The summed E-state index contributed by atoms with van der Waals surface area (Å²) in [5.41, 5.74) is 6.95. The van der Waals surface area contributed by atoms with Crippen LogP contribution in [-0.4, -0.2) is 28.8 Å². The van der Waals surface area contributed by atoms with Crippen LogP contribution in [0.4, 0.5) is 0 Å². The Morgan fingerprint density at radius 2 is 1.12 bits per heavy atom. The SMILES string of the molecule is C[Si](C)(C)C#CP=C([Si](C)(C)C)[Si](C)(C)C. The van der Waals surface area contributed by atoms with E-state index in [1.807, 2.05) is 4.54 Å². The van der Waals surface area contributed by atoms with Crippen molar-refractivity contribution in [2.45, 2.75) is 58.9 Å². The van der Waals surface area contributed by atoms with Crippen LogP contribution in [-0.2, 0) is 0 Å². The van der Waals surface area contributed by atoms with E-state index in [9.17, 15) is 0 Å². The van der Waals surface area contributed by atoms with Crippen LogP contribution in [0.15, 0.2) is 0 Å². The minimum absolute atomic E-state index is 1.14. The molecule has 0 amide bonds. The highest BCUT2D eigenvalue weighted by Crippen LogP contribution is 2.21. The molecule has 0 aliphatic rings. The van der Waals surface area contributed by atoms with Crippen molar-refractivity contribution in [3.8, 4) is 11.2 Å². The molecule has 0 saturated heterocycles. The standard InChI is InChI=1S/C12H27PSi3/c1-14(2,3)11-10-13-12(15(4,5)6)16(7,8)9/h1-9H3. The van der Waals surface area contributed by atoms with Gasteiger partial charge in [0.15, 0.2) is 0 Å². The third-order valence-corrected chi connectivity index (χ3v) is 15.6. The molecule has 0 N–H and O–H groups in total. The Kier molecular flexibility index (Phi) is 5.48. The molecule has 0 unspecified atom stereocenters. The minimum atomic E-state index is -1.19. The number of hydrogen-bond acceptors (Lipinski definition) is 0. The van der Waals surface area contributed by atoms with Gasteiger partial charge < -0.3 is 0 Å². The van der Waals surface area contributed by atoms with Gasteiger partial charge in [-0.1, -0.05) is 69.1 Å². The molecule has 0 aliphatic heterocycles. The van der Waals surface area contributed by atoms with E-state index < -0.39 is 24.2 Å². The second kappa shape index (κ2) is 5.35. The van der Waals surface area contributed by atoms with Crippen molar-refractivity contribution < 1.29 is 0 Å². The Morgan fingerprint density at radius 1 is 0.750 bits per heavy atom. The highest BCUT2D eigenvalue weighted by molar-refractivity contribution is 7.65. The molecule has 4 heteroatoms. The van der Waals surface area contributed by atoms with Gasteiger partial charge in [-0.15, -0.1) is 5.54 Å². The topological polar surface area (TPSA) is 0 Å². The van der Waals surface area contributed by atoms with Crippen molar-refractivity contribution in [1.29, 1.82) is 0 Å². The lowest BCUT2D eigenvalue weighted by Crippen LogP contribution is -2.48. The predicted octanol–water partition coefficient (Wildman–Crippen LogP) is 4.70. The zero-order valence-electron chi connectivity index (χ0n) is 12.4. The van der Waals surface area contributed by atoms with Crippen LogP contribution < -0.4 is 0 Å². The van der Waals surface area contributed by atoms with Crippen LogP contribution in [0.2, 0.25) is 58.9 Å². The second-order valence-electron chi connectivity index (χ2n) is 7.45. The van der Waals surface area contributed by atoms with E-state index in [1.165, 1.54) is 8.20 Å². The smallest absolute Gasteiger partial charge is 0.123 e. The summed E-state index contributed by atoms with van der Waals surface area (Å²) in [7, 11) is -2.13. The largest absolute Gasteiger partial charge is 0.130 e. The van der Waals surface area contributed by atoms with E-state index in [-0.39, 0.29) is 0 Å². The molecule has 0 nitrogen and oxygen atoms in total. The van der Waals surface area contributed by atoms with Crippen molar-refractivity contribution in [3.63, 3.8) is 0 Å². The zero-order valence-corrected chi connectivity index (χ0v) is 16.3. The van der Waals surface area contributed by atoms with E-state index in [0.717, 1.165) is 0 Å². The average Bonchev–Trinajstić information content (AvgIpc) is 1.90. The summed E-state index contributed by atoms with van der Waals surface area (Å²) in [6.45, 7) is 21.7. The summed E-state index contributed by atoms with van der Waals surface area (Å²) in [5.74, 6) is 0. The Labute approximate surface area is 107 Å². The van der Waals surface area contributed by atoms with Crippen LogP contribution in [0.1, 0.15) is 0 Å². The molecule has 16 heavy (non-hydrogen) atoms. The fraction of sp³-hybridized carbons (Fsp3) is 0.750. The van der Waals surface area contributed by atoms with Gasteiger partial charge in [0.25, 0.3) is 0 Å². The summed E-state index contributed by atoms with van der Waals surface area (Å²) < 4.78 is 1.81. The molecular formula is C12H27PSi3. The van der Waals surface area contributed by atoms with Gasteiger partial charge in [-0.05, 0) is 8.20 Å². The molecule has 0 radical (unpaired) electrons. The molecule has 0 heterocycles. The average molecular weight is 287 g/mol. The lowest BCUT2D eigenvalue weighted by molar-refractivity contribution is 1.79. The van der Waals surface area contributed by atoms with Gasteiger partial charge in [0.05, 0.1) is 16.1 Å². The van der Waals surface area contributed by atoms with Gasteiger partial charge in [-0.25, -0.2) is 0 Å². The van der Waals surface area contributed by atoms with E-state index in [0.29, 0.717) is 0 Å². The van der Waals surface area contributed by atoms with E-state index in [4.69, 9.17) is 0 Å². The molecule has 0 saturated carbocycles. The third-order valence-electron chi connectivity index (χ3n) is 2.02. The molecule has 0 aromatic carbocycles. The number of hydrogen-bond donors (Lipinski definition) is 0. The highest BCUT2D eigenvalue weighted by Gasteiger charge is 2.31. The lowest BCUT2D eigenvalue weighted by Gasteiger charge is -2.29. The summed E-state index contributed by atoms with van der Waals surface area (Å²) in [5, 5.41) is 0. The summed E-state index contributed by atoms with van der Waals surface area (Å²) in [6, 6.07) is 0. The van der Waals surface area contributed by atoms with Crippen molar-refractivity contribution >= 4 is 37.0 Å². The molecule has 0 fully saturated rings. The third kappa shape index (κ3) is 6.85. The van der Waals surface area contributed by atoms with Crippen LogP contribution >= 0.6 is 8.20 Å². The monoisotopic (exact) mass is 286 g/mol. The fourth-order valence-electron chi connectivity index (χ4n) is 1.71. The minimum Gasteiger partial charge on any atom is -0.123 e. The van der Waals surface area contributed by atoms with Gasteiger partial charge in [-0.2, -0.15) is 0 Å². The fourth-order valence-corrected chi connectivity index (χ4v) is 15.4. The molecule has 0 bridgehead atoms. The van der Waals surface area contributed by atoms with Gasteiger partial charge in [0.2, 0.25) is 0 Å². The zero-order chi connectivity index (χ0) is 13.2.